The van der Waals surface area contributed by atoms with Crippen LogP contribution in [-0.2, 0) is 4.74 Å². The Balaban J connectivity index is 1.64. The van der Waals surface area contributed by atoms with Crippen LogP contribution in [0.5, 0.6) is 0 Å². The normalized spacial score (nSPS) is 17.3. The molecule has 1 fully saturated rings. The summed E-state index contributed by atoms with van der Waals surface area (Å²) in [5.41, 5.74) is 2.08. The summed E-state index contributed by atoms with van der Waals surface area (Å²) < 4.78 is 18.8. The van der Waals surface area contributed by atoms with Crippen molar-refractivity contribution < 1.29 is 13.9 Å². The van der Waals surface area contributed by atoms with Crippen molar-refractivity contribution in [1.29, 1.82) is 0 Å². The number of anilines is 1. The summed E-state index contributed by atoms with van der Waals surface area (Å²) in [6, 6.07) is 11.8. The van der Waals surface area contributed by atoms with E-state index in [0.29, 0.717) is 18.2 Å². The molecule has 1 heterocycles. The summed E-state index contributed by atoms with van der Waals surface area (Å²) in [4.78, 5) is 14.5. The number of hydrogen-bond acceptors (Lipinski definition) is 3. The molecule has 3 rings (SSSR count). The second kappa shape index (κ2) is 8.52. The molecule has 1 atom stereocenters. The van der Waals surface area contributed by atoms with Crippen LogP contribution in [-0.4, -0.2) is 37.2 Å². The molecule has 0 aromatic heterocycles. The monoisotopic (exact) mass is 376 g/mol. The molecule has 0 bridgehead atoms. The number of para-hydroxylation sites is 1. The number of rotatable bonds is 5. The zero-order valence-corrected chi connectivity index (χ0v) is 15.4. The van der Waals surface area contributed by atoms with E-state index in [2.05, 4.69) is 17.1 Å². The molecule has 1 aliphatic rings. The number of halogens is 2. The van der Waals surface area contributed by atoms with E-state index in [0.717, 1.165) is 37.2 Å². The van der Waals surface area contributed by atoms with Crippen molar-refractivity contribution in [2.75, 3.05) is 31.6 Å². The van der Waals surface area contributed by atoms with Gasteiger partial charge in [0.1, 0.15) is 5.82 Å². The molecule has 1 amide bonds. The van der Waals surface area contributed by atoms with Gasteiger partial charge in [0.05, 0.1) is 17.3 Å². The number of amides is 1. The number of benzene rings is 2. The number of carbonyl (C=O) groups excluding carboxylic acids is 1. The van der Waals surface area contributed by atoms with Crippen LogP contribution in [0.4, 0.5) is 14.9 Å². The van der Waals surface area contributed by atoms with Gasteiger partial charge < -0.3 is 9.64 Å². The first kappa shape index (κ1) is 18.7. The van der Waals surface area contributed by atoms with Crippen LogP contribution >= 0.6 is 11.6 Å². The first-order valence-corrected chi connectivity index (χ1v) is 9.15. The first-order valence-electron chi connectivity index (χ1n) is 8.77. The van der Waals surface area contributed by atoms with Crippen molar-refractivity contribution in [3.8, 4) is 11.1 Å². The number of nitrogens with one attached hydrogen (secondary N) is 1. The lowest BCUT2D eigenvalue weighted by Gasteiger charge is -2.15. The molecule has 0 spiro atoms. The lowest BCUT2D eigenvalue weighted by Crippen LogP contribution is -2.23. The fraction of sp³-hybridized carbons (Fsp3) is 0.350. The second-order valence-electron chi connectivity index (χ2n) is 6.45. The molecule has 26 heavy (non-hydrogen) atoms. The van der Waals surface area contributed by atoms with E-state index in [-0.39, 0.29) is 5.02 Å². The van der Waals surface area contributed by atoms with Crippen LogP contribution in [0.3, 0.4) is 0 Å². The summed E-state index contributed by atoms with van der Waals surface area (Å²) >= 11 is 5.88. The van der Waals surface area contributed by atoms with Crippen LogP contribution in [0.1, 0.15) is 13.3 Å². The molecule has 0 radical (unpaired) electrons. The third-order valence-electron chi connectivity index (χ3n) is 4.66. The summed E-state index contributed by atoms with van der Waals surface area (Å²) in [7, 11) is 0. The maximum absolute atomic E-state index is 13.4. The number of ether oxygens (including phenoxy) is 1. The Kier molecular flexibility index (Phi) is 6.12. The van der Waals surface area contributed by atoms with E-state index in [1.54, 1.807) is 18.2 Å². The molecular weight excluding hydrogens is 355 g/mol. The van der Waals surface area contributed by atoms with Crippen molar-refractivity contribution in [3.63, 3.8) is 0 Å². The second-order valence-corrected chi connectivity index (χ2v) is 6.85. The fourth-order valence-electron chi connectivity index (χ4n) is 3.18. The number of carbonyl (C=O) groups is 1. The van der Waals surface area contributed by atoms with E-state index >= 15 is 0 Å². The average Bonchev–Trinajstić information content (AvgIpc) is 3.11. The molecule has 0 saturated carbocycles. The molecule has 1 N–H and O–H groups in total. The van der Waals surface area contributed by atoms with E-state index < -0.39 is 11.9 Å². The van der Waals surface area contributed by atoms with Crippen molar-refractivity contribution in [2.24, 2.45) is 5.92 Å². The molecule has 138 valence electrons. The number of hydrogen-bond donors (Lipinski definition) is 1. The summed E-state index contributed by atoms with van der Waals surface area (Å²) in [5, 5.41) is 2.82. The Bertz CT molecular complexity index is 784. The first-order chi connectivity index (χ1) is 12.6. The van der Waals surface area contributed by atoms with Gasteiger partial charge in [-0.1, -0.05) is 42.8 Å². The summed E-state index contributed by atoms with van der Waals surface area (Å²) in [6.07, 6.45) is 0.562. The van der Waals surface area contributed by atoms with Gasteiger partial charge >= 0.3 is 6.09 Å². The topological polar surface area (TPSA) is 41.6 Å². The van der Waals surface area contributed by atoms with E-state index in [1.165, 1.54) is 6.07 Å². The van der Waals surface area contributed by atoms with Gasteiger partial charge in [0.15, 0.2) is 0 Å². The van der Waals surface area contributed by atoms with E-state index in [1.807, 2.05) is 18.2 Å². The van der Waals surface area contributed by atoms with Crippen LogP contribution < -0.4 is 5.32 Å². The maximum atomic E-state index is 13.4. The number of nitrogens with zero attached hydrogens (tertiary/aromatic N) is 1. The van der Waals surface area contributed by atoms with Crippen molar-refractivity contribution in [2.45, 2.75) is 13.3 Å². The predicted molar refractivity (Wildman–Crippen MR) is 102 cm³/mol. The molecule has 2 aromatic rings. The van der Waals surface area contributed by atoms with Crippen molar-refractivity contribution >= 4 is 23.4 Å². The average molecular weight is 377 g/mol. The molecule has 0 unspecified atom stereocenters. The van der Waals surface area contributed by atoms with Gasteiger partial charge in [-0.25, -0.2) is 9.18 Å². The third kappa shape index (κ3) is 4.54. The molecular formula is C20H22ClFN2O2. The highest BCUT2D eigenvalue weighted by Gasteiger charge is 2.22. The van der Waals surface area contributed by atoms with Crippen molar-refractivity contribution in [3.05, 3.63) is 53.3 Å². The van der Waals surface area contributed by atoms with Gasteiger partial charge in [-0.3, -0.25) is 5.32 Å². The quantitative estimate of drug-likeness (QED) is 0.795. The zero-order chi connectivity index (χ0) is 18.5. The van der Waals surface area contributed by atoms with Crippen LogP contribution in [0.15, 0.2) is 42.5 Å². The highest BCUT2D eigenvalue weighted by Crippen LogP contribution is 2.30. The van der Waals surface area contributed by atoms with Gasteiger partial charge in [-0.15, -0.1) is 0 Å². The molecule has 6 heteroatoms. The van der Waals surface area contributed by atoms with Gasteiger partial charge in [-0.2, -0.15) is 0 Å². The predicted octanol–water partition coefficient (Wildman–Crippen LogP) is 5.04. The maximum Gasteiger partial charge on any atom is 0.411 e. The van der Waals surface area contributed by atoms with Crippen molar-refractivity contribution in [1.82, 2.24) is 4.90 Å². The highest BCUT2D eigenvalue weighted by molar-refractivity contribution is 6.31. The zero-order valence-electron chi connectivity index (χ0n) is 14.7. The van der Waals surface area contributed by atoms with E-state index in [4.69, 9.17) is 16.3 Å². The third-order valence-corrected chi connectivity index (χ3v) is 4.95. The Morgan fingerprint density at radius 1 is 1.35 bits per heavy atom. The van der Waals surface area contributed by atoms with Gasteiger partial charge in [0.25, 0.3) is 0 Å². The van der Waals surface area contributed by atoms with Gasteiger partial charge in [0.2, 0.25) is 0 Å². The minimum Gasteiger partial charge on any atom is -0.449 e. The minimum atomic E-state index is -0.486. The molecule has 2 aromatic carbocycles. The van der Waals surface area contributed by atoms with Gasteiger partial charge in [-0.05, 0) is 43.3 Å². The fourth-order valence-corrected chi connectivity index (χ4v) is 3.36. The number of likely N-dealkylation sites (tertiary alicyclic amines) is 1. The Labute approximate surface area is 157 Å². The standard InChI is InChI=1S/C20H22ClFN2O2/c1-2-24-10-9-14(12-24)13-26-20(25)23-19-6-4-3-5-16(19)15-7-8-18(22)17(21)11-15/h3-8,11,14H,2,9-10,12-13H2,1H3,(H,23,25)/t14-/m1/s1. The van der Waals surface area contributed by atoms with Crippen LogP contribution in [0.2, 0.25) is 5.02 Å². The smallest absolute Gasteiger partial charge is 0.411 e. The molecule has 1 aliphatic heterocycles. The molecule has 1 saturated heterocycles. The Morgan fingerprint density at radius 3 is 2.88 bits per heavy atom. The lowest BCUT2D eigenvalue weighted by molar-refractivity contribution is 0.141. The minimum absolute atomic E-state index is 0.0431. The lowest BCUT2D eigenvalue weighted by atomic mass is 10.0. The van der Waals surface area contributed by atoms with E-state index in [9.17, 15) is 9.18 Å². The Morgan fingerprint density at radius 2 is 2.15 bits per heavy atom. The highest BCUT2D eigenvalue weighted by atomic mass is 35.5. The largest absolute Gasteiger partial charge is 0.449 e. The van der Waals surface area contributed by atoms with Crippen LogP contribution in [0, 0.1) is 11.7 Å². The molecule has 0 aliphatic carbocycles. The molecule has 4 nitrogen and oxygen atoms in total. The summed E-state index contributed by atoms with van der Waals surface area (Å²) in [6.45, 7) is 5.59. The SMILES string of the molecule is CCN1CC[C@@H](COC(=O)Nc2ccccc2-c2ccc(F)c(Cl)c2)C1. The Hall–Kier alpha value is -2.11. The summed E-state index contributed by atoms with van der Waals surface area (Å²) in [5.74, 6) is -0.0928. The van der Waals surface area contributed by atoms with Gasteiger partial charge in [0, 0.05) is 18.0 Å². The van der Waals surface area contributed by atoms with Crippen LogP contribution in [0.25, 0.3) is 11.1 Å².